The zero-order valence-electron chi connectivity index (χ0n) is 18.3. The molecule has 8 nitrogen and oxygen atoms in total. The summed E-state index contributed by atoms with van der Waals surface area (Å²) in [5.74, 6) is 0.596. The highest BCUT2D eigenvalue weighted by Gasteiger charge is 2.19. The lowest BCUT2D eigenvalue weighted by Crippen LogP contribution is -2.45. The lowest BCUT2D eigenvalue weighted by molar-refractivity contribution is 0.00416. The van der Waals surface area contributed by atoms with Crippen LogP contribution in [0.25, 0.3) is 21.3 Å². The molecule has 172 valence electrons. The van der Waals surface area contributed by atoms with E-state index in [9.17, 15) is 9.90 Å². The Morgan fingerprint density at radius 1 is 1.31 bits per heavy atom. The lowest BCUT2D eigenvalue weighted by Gasteiger charge is -2.31. The summed E-state index contributed by atoms with van der Waals surface area (Å²) < 4.78 is 10.6. The predicted molar refractivity (Wildman–Crippen MR) is 126 cm³/mol. The molecule has 3 aromatic rings. The first-order chi connectivity index (χ1) is 15.6. The molecule has 0 spiro atoms. The van der Waals surface area contributed by atoms with Crippen LogP contribution in [-0.2, 0) is 16.0 Å². The molecular weight excluding hydrogens is 428 g/mol. The number of thiophene rings is 1. The number of benzene rings is 1. The van der Waals surface area contributed by atoms with Gasteiger partial charge < -0.3 is 19.6 Å². The number of ether oxygens (including phenoxy) is 2. The van der Waals surface area contributed by atoms with E-state index in [0.717, 1.165) is 29.0 Å². The fourth-order valence-corrected chi connectivity index (χ4v) is 4.97. The van der Waals surface area contributed by atoms with E-state index in [1.165, 1.54) is 11.3 Å². The Morgan fingerprint density at radius 2 is 2.09 bits per heavy atom. The minimum Gasteiger partial charge on any atom is -0.390 e. The molecule has 1 aromatic carbocycles. The van der Waals surface area contributed by atoms with Crippen LogP contribution in [0.4, 0.5) is 0 Å². The number of H-pyrrole nitrogens is 1. The van der Waals surface area contributed by atoms with Gasteiger partial charge in [-0.3, -0.25) is 14.6 Å². The number of nitrogens with zero attached hydrogens (tertiary/aromatic N) is 3. The van der Waals surface area contributed by atoms with Gasteiger partial charge >= 0.3 is 0 Å². The van der Waals surface area contributed by atoms with Gasteiger partial charge in [0.2, 0.25) is 0 Å². The smallest absolute Gasteiger partial charge is 0.260 e. The van der Waals surface area contributed by atoms with Crippen molar-refractivity contribution >= 4 is 21.6 Å². The fourth-order valence-electron chi connectivity index (χ4n) is 4.00. The molecule has 0 bridgehead atoms. The predicted octanol–water partition coefficient (Wildman–Crippen LogP) is 1.79. The molecule has 32 heavy (non-hydrogen) atoms. The van der Waals surface area contributed by atoms with Crippen molar-refractivity contribution in [2.24, 2.45) is 0 Å². The number of aromatic amines is 1. The highest BCUT2D eigenvalue weighted by atomic mass is 32.1. The maximum absolute atomic E-state index is 12.9. The van der Waals surface area contributed by atoms with Crippen molar-refractivity contribution in [3.8, 4) is 11.1 Å². The highest BCUT2D eigenvalue weighted by Crippen LogP contribution is 2.30. The fraction of sp³-hybridized carbons (Fsp3) is 0.478. The number of aromatic nitrogens is 2. The van der Waals surface area contributed by atoms with Gasteiger partial charge in [0.25, 0.3) is 5.56 Å². The normalized spacial score (nSPS) is 16.1. The number of β-amino-alcohol motifs (C(OH)–C–C–N with tert-alkyl or cyclic N) is 1. The van der Waals surface area contributed by atoms with Crippen LogP contribution in [0.15, 0.2) is 40.5 Å². The summed E-state index contributed by atoms with van der Waals surface area (Å²) in [5, 5.41) is 13.3. The van der Waals surface area contributed by atoms with Crippen LogP contribution < -0.4 is 5.56 Å². The molecule has 1 aliphatic rings. The highest BCUT2D eigenvalue weighted by molar-refractivity contribution is 7.17. The SMILES string of the molecule is COCCN(Cc1nc2scc(-c3ccccc3)c2c(=O)[nH]1)CC(O)CN1CCOCC1. The molecule has 9 heteroatoms. The summed E-state index contributed by atoms with van der Waals surface area (Å²) in [4.78, 5) is 25.6. The van der Waals surface area contributed by atoms with Crippen LogP contribution in [0.5, 0.6) is 0 Å². The Kier molecular flexibility index (Phi) is 8.01. The quantitative estimate of drug-likeness (QED) is 0.479. The van der Waals surface area contributed by atoms with Gasteiger partial charge in [-0.25, -0.2) is 4.98 Å². The molecule has 3 heterocycles. The van der Waals surface area contributed by atoms with Crippen LogP contribution in [0.1, 0.15) is 5.82 Å². The van der Waals surface area contributed by atoms with E-state index in [0.29, 0.717) is 57.2 Å². The summed E-state index contributed by atoms with van der Waals surface area (Å²) in [7, 11) is 1.66. The second kappa shape index (κ2) is 11.1. The monoisotopic (exact) mass is 458 g/mol. The first-order valence-corrected chi connectivity index (χ1v) is 11.8. The van der Waals surface area contributed by atoms with Gasteiger partial charge in [0.05, 0.1) is 37.9 Å². The molecule has 2 N–H and O–H groups in total. The van der Waals surface area contributed by atoms with Gasteiger partial charge in [-0.1, -0.05) is 30.3 Å². The summed E-state index contributed by atoms with van der Waals surface area (Å²) in [6.07, 6.45) is -0.508. The zero-order chi connectivity index (χ0) is 22.3. The van der Waals surface area contributed by atoms with Gasteiger partial charge in [-0.05, 0) is 5.56 Å². The first-order valence-electron chi connectivity index (χ1n) is 10.9. The molecular formula is C23H30N4O4S. The van der Waals surface area contributed by atoms with E-state index < -0.39 is 6.10 Å². The summed E-state index contributed by atoms with van der Waals surface area (Å²) in [6.45, 7) is 5.77. The van der Waals surface area contributed by atoms with Crippen LogP contribution in [-0.4, -0.2) is 90.6 Å². The summed E-state index contributed by atoms with van der Waals surface area (Å²) >= 11 is 1.48. The number of nitrogens with one attached hydrogen (secondary N) is 1. The molecule has 0 aliphatic carbocycles. The van der Waals surface area contributed by atoms with E-state index in [-0.39, 0.29) is 5.56 Å². The standard InChI is InChI=1S/C23H30N4O4S/c1-30-10-7-27(14-18(28)13-26-8-11-31-12-9-26)15-20-24-22(29)21-19(16-32-23(21)25-20)17-5-3-2-4-6-17/h2-6,16,18,28H,7-15H2,1H3,(H,24,25,29). The first kappa shape index (κ1) is 23.0. The van der Waals surface area contributed by atoms with Crippen molar-refractivity contribution in [3.63, 3.8) is 0 Å². The lowest BCUT2D eigenvalue weighted by atomic mass is 10.1. The maximum atomic E-state index is 12.9. The van der Waals surface area contributed by atoms with Crippen molar-refractivity contribution in [2.75, 3.05) is 59.7 Å². The van der Waals surface area contributed by atoms with E-state index >= 15 is 0 Å². The molecule has 2 aromatic heterocycles. The Labute approximate surface area is 191 Å². The number of aliphatic hydroxyl groups excluding tert-OH is 1. The third kappa shape index (κ3) is 5.80. The second-order valence-corrected chi connectivity index (χ2v) is 8.86. The largest absolute Gasteiger partial charge is 0.390 e. The average Bonchev–Trinajstić information content (AvgIpc) is 3.23. The minimum absolute atomic E-state index is 0.134. The Hall–Kier alpha value is -2.14. The van der Waals surface area contributed by atoms with Crippen LogP contribution in [0.3, 0.4) is 0 Å². The van der Waals surface area contributed by atoms with Crippen LogP contribution >= 0.6 is 11.3 Å². The number of hydrogen-bond donors (Lipinski definition) is 2. The number of morpholine rings is 1. The van der Waals surface area contributed by atoms with Crippen LogP contribution in [0, 0.1) is 0 Å². The number of methoxy groups -OCH3 is 1. The molecule has 0 saturated carbocycles. The molecule has 1 atom stereocenters. The third-order valence-electron chi connectivity index (χ3n) is 5.60. The van der Waals surface area contributed by atoms with Crippen molar-refractivity contribution in [1.82, 2.24) is 19.8 Å². The molecule has 1 unspecified atom stereocenters. The van der Waals surface area contributed by atoms with Gasteiger partial charge in [0.1, 0.15) is 10.7 Å². The van der Waals surface area contributed by atoms with E-state index in [1.54, 1.807) is 7.11 Å². The Balaban J connectivity index is 1.49. The average molecular weight is 459 g/mol. The number of rotatable bonds is 10. The molecule has 4 rings (SSSR count). The molecule has 1 fully saturated rings. The van der Waals surface area contributed by atoms with Gasteiger partial charge in [0, 0.05) is 50.8 Å². The van der Waals surface area contributed by atoms with E-state index in [4.69, 9.17) is 14.5 Å². The number of hydrogen-bond acceptors (Lipinski definition) is 8. The Bertz CT molecular complexity index is 1050. The van der Waals surface area contributed by atoms with Crippen molar-refractivity contribution < 1.29 is 14.6 Å². The summed E-state index contributed by atoms with van der Waals surface area (Å²) in [5.41, 5.74) is 1.78. The second-order valence-electron chi connectivity index (χ2n) is 8.00. The summed E-state index contributed by atoms with van der Waals surface area (Å²) in [6, 6.07) is 9.88. The van der Waals surface area contributed by atoms with Gasteiger partial charge in [-0.15, -0.1) is 11.3 Å². The Morgan fingerprint density at radius 3 is 2.84 bits per heavy atom. The molecule has 1 aliphatic heterocycles. The van der Waals surface area contributed by atoms with Gasteiger partial charge in [0.15, 0.2) is 0 Å². The van der Waals surface area contributed by atoms with Crippen LogP contribution in [0.2, 0.25) is 0 Å². The van der Waals surface area contributed by atoms with Crippen molar-refractivity contribution in [3.05, 3.63) is 51.9 Å². The zero-order valence-corrected chi connectivity index (χ0v) is 19.1. The van der Waals surface area contributed by atoms with Crippen molar-refractivity contribution in [1.29, 1.82) is 0 Å². The van der Waals surface area contributed by atoms with Crippen molar-refractivity contribution in [2.45, 2.75) is 12.6 Å². The topological polar surface area (TPSA) is 90.9 Å². The van der Waals surface area contributed by atoms with Gasteiger partial charge in [-0.2, -0.15) is 0 Å². The maximum Gasteiger partial charge on any atom is 0.260 e. The number of aliphatic hydroxyl groups is 1. The van der Waals surface area contributed by atoms with E-state index in [2.05, 4.69) is 14.8 Å². The third-order valence-corrected chi connectivity index (χ3v) is 6.48. The molecule has 0 amide bonds. The molecule has 1 saturated heterocycles. The number of fused-ring (bicyclic) bond motifs is 1. The van der Waals surface area contributed by atoms with E-state index in [1.807, 2.05) is 35.7 Å². The molecule has 0 radical (unpaired) electrons. The minimum atomic E-state index is -0.508.